The molecule has 158 valence electrons. The van der Waals surface area contributed by atoms with Crippen molar-refractivity contribution in [1.29, 1.82) is 0 Å². The molecule has 3 aromatic rings. The van der Waals surface area contributed by atoms with Crippen molar-refractivity contribution in [2.75, 3.05) is 11.4 Å². The van der Waals surface area contributed by atoms with Gasteiger partial charge in [-0.2, -0.15) is 5.10 Å². The van der Waals surface area contributed by atoms with E-state index in [2.05, 4.69) is 10.5 Å². The summed E-state index contributed by atoms with van der Waals surface area (Å²) in [5, 5.41) is 13.0. The number of anilines is 1. The summed E-state index contributed by atoms with van der Waals surface area (Å²) in [6.45, 7) is 0. The molecule has 31 heavy (non-hydrogen) atoms. The van der Waals surface area contributed by atoms with Gasteiger partial charge in [0.15, 0.2) is 0 Å². The first-order valence-corrected chi connectivity index (χ1v) is 10.5. The number of sulfonamides is 1. The van der Waals surface area contributed by atoms with Gasteiger partial charge in [-0.25, -0.2) is 18.6 Å². The number of rotatable bonds is 7. The van der Waals surface area contributed by atoms with Crippen LogP contribution in [0.25, 0.3) is 0 Å². The first-order chi connectivity index (χ1) is 14.8. The lowest BCUT2D eigenvalue weighted by Crippen LogP contribution is -2.26. The Kier molecular flexibility index (Phi) is 6.46. The molecule has 1 amide bonds. The van der Waals surface area contributed by atoms with Gasteiger partial charge in [-0.3, -0.25) is 9.10 Å². The number of nitrogens with zero attached hydrogens (tertiary/aromatic N) is 2. The number of hydrogen-bond donors (Lipinski definition) is 2. The molecule has 8 nitrogen and oxygen atoms in total. The highest BCUT2D eigenvalue weighted by Crippen LogP contribution is 2.22. The van der Waals surface area contributed by atoms with Crippen molar-refractivity contribution in [3.8, 4) is 0 Å². The van der Waals surface area contributed by atoms with E-state index < -0.39 is 21.9 Å². The second-order valence-electron chi connectivity index (χ2n) is 6.42. The van der Waals surface area contributed by atoms with Gasteiger partial charge in [-0.1, -0.05) is 36.4 Å². The van der Waals surface area contributed by atoms with E-state index in [4.69, 9.17) is 5.11 Å². The topological polar surface area (TPSA) is 116 Å². The fourth-order valence-corrected chi connectivity index (χ4v) is 3.96. The van der Waals surface area contributed by atoms with Crippen molar-refractivity contribution in [3.05, 3.63) is 95.6 Å². The normalized spacial score (nSPS) is 11.3. The highest BCUT2D eigenvalue weighted by Gasteiger charge is 2.21. The first kappa shape index (κ1) is 21.7. The Bertz CT molecular complexity index is 1220. The van der Waals surface area contributed by atoms with Gasteiger partial charge >= 0.3 is 5.97 Å². The van der Waals surface area contributed by atoms with Crippen LogP contribution in [0.1, 0.15) is 26.3 Å². The van der Waals surface area contributed by atoms with Crippen LogP contribution in [0.5, 0.6) is 0 Å². The van der Waals surface area contributed by atoms with Crippen LogP contribution in [0, 0.1) is 0 Å². The highest BCUT2D eigenvalue weighted by atomic mass is 32.2. The van der Waals surface area contributed by atoms with E-state index in [0.29, 0.717) is 11.3 Å². The van der Waals surface area contributed by atoms with Gasteiger partial charge in [0.1, 0.15) is 0 Å². The molecule has 0 bridgehead atoms. The quantitative estimate of drug-likeness (QED) is 0.435. The molecule has 0 heterocycles. The molecule has 3 rings (SSSR count). The summed E-state index contributed by atoms with van der Waals surface area (Å²) in [4.78, 5) is 23.6. The standard InChI is InChI=1S/C22H19N3O5S/c1-25(31(29,30)19-8-3-2-4-9-19)18-13-11-16(12-14-18)21(26)24-23-15-17-7-5-6-10-20(17)22(27)28/h2-15H,1H3,(H,24,26)(H,27,28)/b23-15+. The molecule has 0 spiro atoms. The summed E-state index contributed by atoms with van der Waals surface area (Å²) in [6.07, 6.45) is 1.25. The average Bonchev–Trinajstić information content (AvgIpc) is 2.79. The minimum absolute atomic E-state index is 0.0625. The average molecular weight is 437 g/mol. The third-order valence-electron chi connectivity index (χ3n) is 4.46. The number of benzene rings is 3. The molecule has 0 aliphatic carbocycles. The Labute approximate surface area is 179 Å². The number of carbonyl (C=O) groups excluding carboxylic acids is 1. The van der Waals surface area contributed by atoms with E-state index in [1.165, 1.54) is 55.7 Å². The van der Waals surface area contributed by atoms with E-state index in [9.17, 15) is 18.0 Å². The van der Waals surface area contributed by atoms with Gasteiger partial charge in [-0.15, -0.1) is 0 Å². The van der Waals surface area contributed by atoms with E-state index >= 15 is 0 Å². The van der Waals surface area contributed by atoms with Crippen LogP contribution in [-0.4, -0.2) is 38.7 Å². The summed E-state index contributed by atoms with van der Waals surface area (Å²) in [6, 6.07) is 20.3. The zero-order chi connectivity index (χ0) is 22.4. The maximum atomic E-state index is 12.7. The summed E-state index contributed by atoms with van der Waals surface area (Å²) in [7, 11) is -2.29. The molecule has 3 aromatic carbocycles. The number of hydrazone groups is 1. The van der Waals surface area contributed by atoms with Crippen LogP contribution < -0.4 is 9.73 Å². The minimum atomic E-state index is -3.72. The lowest BCUT2D eigenvalue weighted by Gasteiger charge is -2.19. The summed E-state index contributed by atoms with van der Waals surface area (Å²) >= 11 is 0. The lowest BCUT2D eigenvalue weighted by atomic mass is 10.1. The number of carboxylic acids is 1. The fourth-order valence-electron chi connectivity index (χ4n) is 2.74. The van der Waals surface area contributed by atoms with Gasteiger partial charge in [0.05, 0.1) is 22.4 Å². The summed E-state index contributed by atoms with van der Waals surface area (Å²) < 4.78 is 26.5. The Balaban J connectivity index is 1.70. The third kappa shape index (κ3) is 4.96. The predicted octanol–water partition coefficient (Wildman–Crippen LogP) is 2.97. The Hall–Kier alpha value is -3.98. The smallest absolute Gasteiger partial charge is 0.336 e. The molecule has 2 N–H and O–H groups in total. The maximum absolute atomic E-state index is 12.7. The van der Waals surface area contributed by atoms with Crippen molar-refractivity contribution in [3.63, 3.8) is 0 Å². The van der Waals surface area contributed by atoms with Crippen molar-refractivity contribution < 1.29 is 23.1 Å². The molecule has 0 atom stereocenters. The van der Waals surface area contributed by atoms with Crippen LogP contribution >= 0.6 is 0 Å². The molecule has 0 radical (unpaired) electrons. The zero-order valence-corrected chi connectivity index (χ0v) is 17.3. The predicted molar refractivity (Wildman–Crippen MR) is 117 cm³/mol. The zero-order valence-electron chi connectivity index (χ0n) is 16.5. The SMILES string of the molecule is CN(c1ccc(C(=O)N/N=C/c2ccccc2C(=O)O)cc1)S(=O)(=O)c1ccccc1. The van der Waals surface area contributed by atoms with Crippen LogP contribution in [0.3, 0.4) is 0 Å². The molecule has 0 saturated carbocycles. The summed E-state index contributed by atoms with van der Waals surface area (Å²) in [5.41, 5.74) is 3.38. The molecule has 0 saturated heterocycles. The van der Waals surface area contributed by atoms with Crippen molar-refractivity contribution >= 4 is 33.8 Å². The Morgan fingerprint density at radius 2 is 1.55 bits per heavy atom. The summed E-state index contributed by atoms with van der Waals surface area (Å²) in [5.74, 6) is -1.62. The number of hydrogen-bond acceptors (Lipinski definition) is 5. The Morgan fingerprint density at radius 3 is 2.19 bits per heavy atom. The second kappa shape index (κ2) is 9.23. The molecule has 0 aliphatic rings. The van der Waals surface area contributed by atoms with Gasteiger partial charge in [0.2, 0.25) is 0 Å². The molecule has 9 heteroatoms. The molecule has 0 aliphatic heterocycles. The fraction of sp³-hybridized carbons (Fsp3) is 0.0455. The number of amides is 1. The van der Waals surface area contributed by atoms with Gasteiger partial charge < -0.3 is 5.11 Å². The van der Waals surface area contributed by atoms with Crippen molar-refractivity contribution in [2.45, 2.75) is 4.90 Å². The van der Waals surface area contributed by atoms with Crippen molar-refractivity contribution in [2.24, 2.45) is 5.10 Å². The largest absolute Gasteiger partial charge is 0.478 e. The van der Waals surface area contributed by atoms with E-state index in [-0.39, 0.29) is 16.0 Å². The van der Waals surface area contributed by atoms with Gasteiger partial charge in [0, 0.05) is 18.2 Å². The van der Waals surface area contributed by atoms with E-state index in [0.717, 1.165) is 4.31 Å². The number of carbonyl (C=O) groups is 2. The molecular formula is C22H19N3O5S. The monoisotopic (exact) mass is 437 g/mol. The van der Waals surface area contributed by atoms with Crippen LogP contribution in [-0.2, 0) is 10.0 Å². The number of aromatic carboxylic acids is 1. The second-order valence-corrected chi connectivity index (χ2v) is 8.39. The maximum Gasteiger partial charge on any atom is 0.336 e. The highest BCUT2D eigenvalue weighted by molar-refractivity contribution is 7.92. The molecule has 0 aromatic heterocycles. The van der Waals surface area contributed by atoms with Crippen LogP contribution in [0.4, 0.5) is 5.69 Å². The number of carboxylic acid groups (broad SMARTS) is 1. The molecule has 0 unspecified atom stereocenters. The Morgan fingerprint density at radius 1 is 0.935 bits per heavy atom. The molecular weight excluding hydrogens is 418 g/mol. The lowest BCUT2D eigenvalue weighted by molar-refractivity contribution is 0.0696. The van der Waals surface area contributed by atoms with E-state index in [1.54, 1.807) is 36.4 Å². The van der Waals surface area contributed by atoms with Gasteiger partial charge in [0.25, 0.3) is 15.9 Å². The van der Waals surface area contributed by atoms with Crippen LogP contribution in [0.15, 0.2) is 88.9 Å². The number of nitrogens with one attached hydrogen (secondary N) is 1. The molecule has 0 fully saturated rings. The van der Waals surface area contributed by atoms with Gasteiger partial charge in [-0.05, 0) is 42.5 Å². The first-order valence-electron chi connectivity index (χ1n) is 9.10. The minimum Gasteiger partial charge on any atom is -0.478 e. The van der Waals surface area contributed by atoms with Crippen molar-refractivity contribution in [1.82, 2.24) is 5.43 Å². The van der Waals surface area contributed by atoms with E-state index in [1.807, 2.05) is 0 Å². The van der Waals surface area contributed by atoms with Crippen LogP contribution in [0.2, 0.25) is 0 Å². The third-order valence-corrected chi connectivity index (χ3v) is 6.26.